The fourth-order valence-corrected chi connectivity index (χ4v) is 5.33. The molecule has 1 amide bonds. The quantitative estimate of drug-likeness (QED) is 0.809. The Hall–Kier alpha value is -1.41. The molecule has 132 valence electrons. The molecular formula is C16H23N3O4S. The molecule has 0 N–H and O–H groups in total. The first-order chi connectivity index (χ1) is 11.4. The number of rotatable bonds is 3. The Morgan fingerprint density at radius 2 is 2.12 bits per heavy atom. The second kappa shape index (κ2) is 5.84. The topological polar surface area (TPSA) is 81.5 Å². The van der Waals surface area contributed by atoms with Crippen molar-refractivity contribution in [2.45, 2.75) is 44.2 Å². The first-order valence-corrected chi connectivity index (χ1v) is 10.5. The molecule has 0 aromatic carbocycles. The number of morpholine rings is 1. The number of hydrogen-bond acceptors (Lipinski definition) is 5. The normalized spacial score (nSPS) is 29.8. The van der Waals surface area contributed by atoms with Crippen molar-refractivity contribution in [3.8, 4) is 0 Å². The van der Waals surface area contributed by atoms with Gasteiger partial charge in [0.15, 0.2) is 15.5 Å². The third-order valence-corrected chi connectivity index (χ3v) is 6.91. The average molecular weight is 353 g/mol. The van der Waals surface area contributed by atoms with E-state index < -0.39 is 9.84 Å². The van der Waals surface area contributed by atoms with Crippen molar-refractivity contribution >= 4 is 15.7 Å². The molecule has 2 aliphatic heterocycles. The van der Waals surface area contributed by atoms with E-state index in [1.807, 2.05) is 17.7 Å². The van der Waals surface area contributed by atoms with Crippen molar-refractivity contribution in [2.24, 2.45) is 0 Å². The molecule has 2 saturated heterocycles. The van der Waals surface area contributed by atoms with Crippen LogP contribution in [0.5, 0.6) is 0 Å². The summed E-state index contributed by atoms with van der Waals surface area (Å²) in [6.07, 6.45) is 2.77. The molecule has 3 aliphatic rings. The van der Waals surface area contributed by atoms with Crippen LogP contribution in [-0.2, 0) is 14.6 Å². The summed E-state index contributed by atoms with van der Waals surface area (Å²) in [6, 6.07) is 1.79. The number of ether oxygens (including phenoxy) is 1. The summed E-state index contributed by atoms with van der Waals surface area (Å²) in [5.41, 5.74) is 1.47. The van der Waals surface area contributed by atoms with Crippen molar-refractivity contribution in [1.29, 1.82) is 0 Å². The van der Waals surface area contributed by atoms with Gasteiger partial charge in [-0.1, -0.05) is 0 Å². The minimum Gasteiger partial charge on any atom is -0.377 e. The summed E-state index contributed by atoms with van der Waals surface area (Å²) in [5, 5.41) is 4.55. The lowest BCUT2D eigenvalue weighted by Gasteiger charge is -2.32. The Morgan fingerprint density at radius 1 is 1.33 bits per heavy atom. The number of hydrogen-bond donors (Lipinski definition) is 0. The van der Waals surface area contributed by atoms with Crippen LogP contribution in [0.4, 0.5) is 0 Å². The van der Waals surface area contributed by atoms with E-state index >= 15 is 0 Å². The molecule has 8 heteroatoms. The Kier molecular flexibility index (Phi) is 3.91. The molecule has 1 aliphatic carbocycles. The third-order valence-electron chi connectivity index (χ3n) is 5.16. The minimum absolute atomic E-state index is 0.0348. The van der Waals surface area contributed by atoms with E-state index in [-0.39, 0.29) is 29.5 Å². The maximum Gasteiger partial charge on any atom is 0.274 e. The van der Waals surface area contributed by atoms with Gasteiger partial charge in [-0.3, -0.25) is 9.48 Å². The van der Waals surface area contributed by atoms with Crippen molar-refractivity contribution in [2.75, 3.05) is 31.3 Å². The zero-order valence-corrected chi connectivity index (χ0v) is 14.7. The predicted octanol–water partition coefficient (Wildman–Crippen LogP) is 0.981. The molecule has 24 heavy (non-hydrogen) atoms. The number of nitrogens with zero attached hydrogens (tertiary/aromatic N) is 3. The largest absolute Gasteiger partial charge is 0.377 e. The van der Waals surface area contributed by atoms with Gasteiger partial charge in [-0.2, -0.15) is 5.10 Å². The van der Waals surface area contributed by atoms with Gasteiger partial charge >= 0.3 is 0 Å². The van der Waals surface area contributed by atoms with Gasteiger partial charge in [-0.25, -0.2) is 8.42 Å². The van der Waals surface area contributed by atoms with Gasteiger partial charge in [-0.05, 0) is 32.3 Å². The van der Waals surface area contributed by atoms with Crippen LogP contribution in [0, 0.1) is 0 Å². The Bertz CT molecular complexity index is 753. The van der Waals surface area contributed by atoms with E-state index in [0.717, 1.165) is 18.5 Å². The smallest absolute Gasteiger partial charge is 0.274 e. The standard InChI is InChI=1S/C16H23N3O4S/c1-11-9-23-6-5-18(11)16(20)14-8-15(12-2-3-12)19(17-14)13-4-7-24(21,22)10-13/h8,11-13H,2-7,9-10H2,1H3. The summed E-state index contributed by atoms with van der Waals surface area (Å²) in [7, 11) is -2.98. The van der Waals surface area contributed by atoms with Gasteiger partial charge in [0.1, 0.15) is 0 Å². The van der Waals surface area contributed by atoms with Crippen LogP contribution in [0.1, 0.15) is 54.3 Å². The zero-order chi connectivity index (χ0) is 16.9. The van der Waals surface area contributed by atoms with E-state index in [2.05, 4.69) is 5.10 Å². The van der Waals surface area contributed by atoms with Crippen LogP contribution < -0.4 is 0 Å². The second-order valence-corrected chi connectivity index (χ2v) is 9.38. The molecule has 1 aromatic heterocycles. The first-order valence-electron chi connectivity index (χ1n) is 8.63. The number of carbonyl (C=O) groups is 1. The predicted molar refractivity (Wildman–Crippen MR) is 87.8 cm³/mol. The van der Waals surface area contributed by atoms with Crippen molar-refractivity contribution in [3.05, 3.63) is 17.5 Å². The molecule has 7 nitrogen and oxygen atoms in total. The van der Waals surface area contributed by atoms with E-state index in [9.17, 15) is 13.2 Å². The summed E-state index contributed by atoms with van der Waals surface area (Å²) >= 11 is 0. The fraction of sp³-hybridized carbons (Fsp3) is 0.750. The van der Waals surface area contributed by atoms with Gasteiger partial charge < -0.3 is 9.64 Å². The Balaban J connectivity index is 1.63. The molecule has 3 fully saturated rings. The lowest BCUT2D eigenvalue weighted by atomic mass is 10.2. The number of sulfone groups is 1. The van der Waals surface area contributed by atoms with Crippen molar-refractivity contribution in [1.82, 2.24) is 14.7 Å². The van der Waals surface area contributed by atoms with Crippen molar-refractivity contribution in [3.63, 3.8) is 0 Å². The monoisotopic (exact) mass is 353 g/mol. The highest BCUT2D eigenvalue weighted by Crippen LogP contribution is 2.42. The maximum absolute atomic E-state index is 12.8. The minimum atomic E-state index is -2.98. The molecule has 1 aromatic rings. The Morgan fingerprint density at radius 3 is 2.75 bits per heavy atom. The summed E-state index contributed by atoms with van der Waals surface area (Å²) in [5.74, 6) is 0.693. The van der Waals surface area contributed by atoms with Crippen LogP contribution >= 0.6 is 0 Å². The van der Waals surface area contributed by atoms with Crippen LogP contribution in [0.25, 0.3) is 0 Å². The number of aromatic nitrogens is 2. The molecular weight excluding hydrogens is 330 g/mol. The molecule has 0 radical (unpaired) electrons. The van der Waals surface area contributed by atoms with Crippen LogP contribution in [0.15, 0.2) is 6.07 Å². The van der Waals surface area contributed by atoms with Gasteiger partial charge in [0.2, 0.25) is 0 Å². The fourth-order valence-electron chi connectivity index (χ4n) is 3.63. The molecule has 1 saturated carbocycles. The average Bonchev–Trinajstić information content (AvgIpc) is 3.19. The van der Waals surface area contributed by atoms with Crippen LogP contribution in [-0.4, -0.2) is 66.3 Å². The van der Waals surface area contributed by atoms with Gasteiger partial charge in [0, 0.05) is 18.2 Å². The van der Waals surface area contributed by atoms with Crippen molar-refractivity contribution < 1.29 is 17.9 Å². The third kappa shape index (κ3) is 2.97. The highest BCUT2D eigenvalue weighted by Gasteiger charge is 2.37. The van der Waals surface area contributed by atoms with Crippen LogP contribution in [0.2, 0.25) is 0 Å². The van der Waals surface area contributed by atoms with Crippen LogP contribution in [0.3, 0.4) is 0 Å². The van der Waals surface area contributed by atoms with E-state index in [1.165, 1.54) is 0 Å². The molecule has 3 heterocycles. The lowest BCUT2D eigenvalue weighted by molar-refractivity contribution is 0.00322. The molecule has 4 rings (SSSR count). The summed E-state index contributed by atoms with van der Waals surface area (Å²) < 4.78 is 30.9. The maximum atomic E-state index is 12.8. The highest BCUT2D eigenvalue weighted by atomic mass is 32.2. The van der Waals surface area contributed by atoms with Gasteiger partial charge in [0.25, 0.3) is 5.91 Å². The lowest BCUT2D eigenvalue weighted by Crippen LogP contribution is -2.47. The summed E-state index contributed by atoms with van der Waals surface area (Å²) in [4.78, 5) is 14.6. The van der Waals surface area contributed by atoms with E-state index in [4.69, 9.17) is 4.74 Å². The van der Waals surface area contributed by atoms with Gasteiger partial charge in [-0.15, -0.1) is 0 Å². The number of amides is 1. The molecule has 2 unspecified atom stereocenters. The molecule has 0 bridgehead atoms. The van der Waals surface area contributed by atoms with E-state index in [1.54, 1.807) is 4.90 Å². The number of carbonyl (C=O) groups excluding carboxylic acids is 1. The SMILES string of the molecule is CC1COCCN1C(=O)c1cc(C2CC2)n(C2CCS(=O)(=O)C2)n1. The second-order valence-electron chi connectivity index (χ2n) is 7.15. The summed E-state index contributed by atoms with van der Waals surface area (Å²) in [6.45, 7) is 3.64. The Labute approximate surface area is 141 Å². The van der Waals surface area contributed by atoms with E-state index in [0.29, 0.717) is 37.8 Å². The zero-order valence-electron chi connectivity index (χ0n) is 13.8. The van der Waals surface area contributed by atoms with Gasteiger partial charge in [0.05, 0.1) is 36.8 Å². The first kappa shape index (κ1) is 16.1. The highest BCUT2D eigenvalue weighted by molar-refractivity contribution is 7.91. The molecule has 2 atom stereocenters. The molecule has 0 spiro atoms.